The summed E-state index contributed by atoms with van der Waals surface area (Å²) in [5.41, 5.74) is 0.411. The largest absolute Gasteiger partial charge is 0.389 e. The Bertz CT molecular complexity index is 725. The highest BCUT2D eigenvalue weighted by molar-refractivity contribution is 5.31. The predicted octanol–water partition coefficient (Wildman–Crippen LogP) is 2.75. The smallest absolute Gasteiger partial charge is 0.339 e. The third kappa shape index (κ3) is 4.26. The summed E-state index contributed by atoms with van der Waals surface area (Å²) in [5, 5.41) is 8.52. The second-order valence-electron chi connectivity index (χ2n) is 6.48. The van der Waals surface area contributed by atoms with Gasteiger partial charge in [-0.1, -0.05) is 13.8 Å². The summed E-state index contributed by atoms with van der Waals surface area (Å²) in [6.07, 6.45) is -2.95. The maximum absolute atomic E-state index is 12.4. The van der Waals surface area contributed by atoms with Crippen LogP contribution in [0, 0.1) is 0 Å². The third-order valence-electron chi connectivity index (χ3n) is 4.22. The average molecular weight is 354 g/mol. The fraction of sp³-hybridized carbons (Fsp3) is 0.625. The average Bonchev–Trinajstić information content (AvgIpc) is 2.85. The maximum Gasteiger partial charge on any atom is 0.389 e. The van der Waals surface area contributed by atoms with Gasteiger partial charge >= 0.3 is 6.18 Å². The van der Waals surface area contributed by atoms with E-state index in [0.29, 0.717) is 37.7 Å². The van der Waals surface area contributed by atoms with Crippen LogP contribution in [-0.4, -0.2) is 44.0 Å². The van der Waals surface area contributed by atoms with Gasteiger partial charge < -0.3 is 9.47 Å². The topological polar surface area (TPSA) is 59.7 Å². The van der Waals surface area contributed by atoms with Gasteiger partial charge in [-0.3, -0.25) is 0 Å². The molecule has 0 N–H and O–H groups in total. The summed E-state index contributed by atoms with van der Waals surface area (Å²) >= 11 is 0. The Kier molecular flexibility index (Phi) is 4.91. The van der Waals surface area contributed by atoms with Crippen molar-refractivity contribution in [3.05, 3.63) is 29.6 Å². The Hall–Kier alpha value is -2.19. The van der Waals surface area contributed by atoms with Crippen molar-refractivity contribution in [2.45, 2.75) is 51.7 Å². The second-order valence-corrected chi connectivity index (χ2v) is 6.48. The van der Waals surface area contributed by atoms with Crippen LogP contribution in [0.5, 0.6) is 0 Å². The van der Waals surface area contributed by atoms with E-state index in [9.17, 15) is 13.2 Å². The third-order valence-corrected chi connectivity index (χ3v) is 4.22. The van der Waals surface area contributed by atoms with E-state index in [2.05, 4.69) is 38.6 Å². The molecular formula is C16H21F3N6. The lowest BCUT2D eigenvalue weighted by Gasteiger charge is -2.20. The van der Waals surface area contributed by atoms with E-state index in [1.165, 1.54) is 6.20 Å². The molecule has 25 heavy (non-hydrogen) atoms. The number of alkyl halides is 3. The fourth-order valence-electron chi connectivity index (χ4n) is 2.92. The van der Waals surface area contributed by atoms with Crippen molar-refractivity contribution in [3.8, 4) is 0 Å². The molecular weight excluding hydrogens is 333 g/mol. The molecule has 9 heteroatoms. The van der Waals surface area contributed by atoms with E-state index in [0.717, 1.165) is 11.6 Å². The summed E-state index contributed by atoms with van der Waals surface area (Å²) in [4.78, 5) is 10.6. The molecule has 0 bridgehead atoms. The molecule has 6 nitrogen and oxygen atoms in total. The lowest BCUT2D eigenvalue weighted by molar-refractivity contribution is -0.134. The molecule has 0 aliphatic carbocycles. The first-order valence-electron chi connectivity index (χ1n) is 8.39. The zero-order valence-electron chi connectivity index (χ0n) is 14.3. The number of anilines is 1. The van der Waals surface area contributed by atoms with Crippen LogP contribution in [0.3, 0.4) is 0 Å². The van der Waals surface area contributed by atoms with Gasteiger partial charge in [-0.2, -0.15) is 13.2 Å². The van der Waals surface area contributed by atoms with E-state index in [1.54, 1.807) is 6.07 Å². The maximum atomic E-state index is 12.4. The molecule has 0 unspecified atom stereocenters. The molecule has 136 valence electrons. The van der Waals surface area contributed by atoms with Crippen molar-refractivity contribution in [3.63, 3.8) is 0 Å². The number of halogens is 3. The number of aryl methyl sites for hydroxylation is 1. The summed E-state index contributed by atoms with van der Waals surface area (Å²) < 4.78 is 39.3. The van der Waals surface area contributed by atoms with E-state index < -0.39 is 12.6 Å². The summed E-state index contributed by atoms with van der Waals surface area (Å²) in [7, 11) is 0. The van der Waals surface area contributed by atoms with Crippen molar-refractivity contribution in [2.24, 2.45) is 0 Å². The number of hydrogen-bond donors (Lipinski definition) is 0. The van der Waals surface area contributed by atoms with Gasteiger partial charge in [0.2, 0.25) is 5.95 Å². The van der Waals surface area contributed by atoms with Crippen LogP contribution >= 0.6 is 0 Å². The summed E-state index contributed by atoms with van der Waals surface area (Å²) in [6, 6.07) is 1.54. The van der Waals surface area contributed by atoms with Crippen molar-refractivity contribution in [1.29, 1.82) is 0 Å². The Morgan fingerprint density at radius 1 is 1.16 bits per heavy atom. The highest BCUT2D eigenvalue weighted by Gasteiger charge is 2.27. The first kappa shape index (κ1) is 17.6. The highest BCUT2D eigenvalue weighted by atomic mass is 19.4. The molecule has 3 rings (SSSR count). The molecule has 0 spiro atoms. The van der Waals surface area contributed by atoms with Crippen LogP contribution in [0.25, 0.3) is 0 Å². The standard InChI is InChI=1S/C16H21F3N6/c1-11(2)14-23-22-13-5-8-24(9-10-25(13)14)15-20-7-4-12(21-15)3-6-16(17,18)19/h4,7,11H,3,5-6,8-10H2,1-2H3. The quantitative estimate of drug-likeness (QED) is 0.845. The first-order chi connectivity index (χ1) is 11.8. The normalized spacial score (nSPS) is 15.4. The van der Waals surface area contributed by atoms with Gasteiger partial charge in [0, 0.05) is 50.3 Å². The van der Waals surface area contributed by atoms with E-state index in [4.69, 9.17) is 0 Å². The molecule has 0 atom stereocenters. The number of aromatic nitrogens is 5. The molecule has 0 saturated heterocycles. The fourth-order valence-corrected chi connectivity index (χ4v) is 2.92. The van der Waals surface area contributed by atoms with E-state index in [-0.39, 0.29) is 12.3 Å². The number of hydrogen-bond acceptors (Lipinski definition) is 5. The van der Waals surface area contributed by atoms with Gasteiger partial charge in [0.15, 0.2) is 0 Å². The van der Waals surface area contributed by atoms with Crippen LogP contribution in [0.2, 0.25) is 0 Å². The molecule has 0 amide bonds. The van der Waals surface area contributed by atoms with Gasteiger partial charge in [-0.25, -0.2) is 9.97 Å². The molecule has 3 heterocycles. The zero-order chi connectivity index (χ0) is 18.0. The molecule has 0 saturated carbocycles. The zero-order valence-corrected chi connectivity index (χ0v) is 14.3. The monoisotopic (exact) mass is 354 g/mol. The van der Waals surface area contributed by atoms with Crippen LogP contribution in [0.15, 0.2) is 12.3 Å². The van der Waals surface area contributed by atoms with Gasteiger partial charge in [-0.15, -0.1) is 10.2 Å². The molecule has 0 radical (unpaired) electrons. The van der Waals surface area contributed by atoms with Gasteiger partial charge in [0.25, 0.3) is 0 Å². The van der Waals surface area contributed by atoms with Crippen molar-refractivity contribution >= 4 is 5.95 Å². The summed E-state index contributed by atoms with van der Waals surface area (Å²) in [6.45, 7) is 6.21. The van der Waals surface area contributed by atoms with Crippen molar-refractivity contribution in [1.82, 2.24) is 24.7 Å². The SMILES string of the molecule is CC(C)c1nnc2n1CCN(c1nccc(CCC(F)(F)F)n1)CC2. The van der Waals surface area contributed by atoms with E-state index >= 15 is 0 Å². The van der Waals surface area contributed by atoms with Gasteiger partial charge in [0.05, 0.1) is 0 Å². The summed E-state index contributed by atoms with van der Waals surface area (Å²) in [5.74, 6) is 2.65. The lowest BCUT2D eigenvalue weighted by atomic mass is 10.2. The number of nitrogens with zero attached hydrogens (tertiary/aromatic N) is 6. The molecule has 1 aliphatic heterocycles. The van der Waals surface area contributed by atoms with Crippen LogP contribution in [0.1, 0.15) is 43.5 Å². The predicted molar refractivity (Wildman–Crippen MR) is 86.4 cm³/mol. The first-order valence-corrected chi connectivity index (χ1v) is 8.39. The molecule has 1 aliphatic rings. The van der Waals surface area contributed by atoms with Gasteiger partial charge in [-0.05, 0) is 12.5 Å². The minimum Gasteiger partial charge on any atom is -0.339 e. The van der Waals surface area contributed by atoms with Gasteiger partial charge in [0.1, 0.15) is 11.6 Å². The minimum atomic E-state index is -4.18. The number of fused-ring (bicyclic) bond motifs is 1. The van der Waals surface area contributed by atoms with Crippen LogP contribution < -0.4 is 4.90 Å². The van der Waals surface area contributed by atoms with Crippen molar-refractivity contribution in [2.75, 3.05) is 18.0 Å². The Balaban J connectivity index is 1.71. The van der Waals surface area contributed by atoms with E-state index in [1.807, 2.05) is 4.90 Å². The molecule has 2 aromatic rings. The highest BCUT2D eigenvalue weighted by Crippen LogP contribution is 2.22. The second kappa shape index (κ2) is 6.97. The van der Waals surface area contributed by atoms with Crippen molar-refractivity contribution < 1.29 is 13.2 Å². The minimum absolute atomic E-state index is 0.129. The molecule has 2 aromatic heterocycles. The lowest BCUT2D eigenvalue weighted by Crippen LogP contribution is -2.29. The molecule has 0 aromatic carbocycles. The number of rotatable bonds is 4. The molecule has 0 fully saturated rings. The Morgan fingerprint density at radius 3 is 2.68 bits per heavy atom. The van der Waals surface area contributed by atoms with Crippen LogP contribution in [-0.2, 0) is 19.4 Å². The van der Waals surface area contributed by atoms with Crippen LogP contribution in [0.4, 0.5) is 19.1 Å². The Labute approximate surface area is 144 Å². The Morgan fingerprint density at radius 2 is 1.96 bits per heavy atom.